The second-order valence-electron chi connectivity index (χ2n) is 11.9. The first-order valence-electron chi connectivity index (χ1n) is 14.5. The van der Waals surface area contributed by atoms with Crippen molar-refractivity contribution in [3.63, 3.8) is 0 Å². The summed E-state index contributed by atoms with van der Waals surface area (Å²) in [5.74, 6) is 1.52. The zero-order chi connectivity index (χ0) is 30.9. The Labute approximate surface area is 253 Å². The topological polar surface area (TPSA) is 148 Å². The van der Waals surface area contributed by atoms with Crippen molar-refractivity contribution < 1.29 is 13.2 Å². The highest BCUT2D eigenvalue weighted by Crippen LogP contribution is 2.37. The number of aryl methyl sites for hydroxylation is 2. The van der Waals surface area contributed by atoms with Gasteiger partial charge in [0.1, 0.15) is 16.5 Å². The highest BCUT2D eigenvalue weighted by molar-refractivity contribution is 7.89. The molecule has 12 heteroatoms. The largest absolute Gasteiger partial charge is 0.378 e. The van der Waals surface area contributed by atoms with Crippen LogP contribution in [0.2, 0.25) is 0 Å². The molecular weight excluding hydrogens is 564 g/mol. The van der Waals surface area contributed by atoms with Gasteiger partial charge in [-0.25, -0.2) is 23.1 Å². The molecule has 1 atom stereocenters. The van der Waals surface area contributed by atoms with Crippen LogP contribution in [0.1, 0.15) is 57.0 Å². The van der Waals surface area contributed by atoms with Crippen LogP contribution in [0.5, 0.6) is 0 Å². The van der Waals surface area contributed by atoms with E-state index in [4.69, 9.17) is 15.5 Å². The first-order valence-corrected chi connectivity index (χ1v) is 16.0. The highest BCUT2D eigenvalue weighted by atomic mass is 32.2. The molecule has 0 spiro atoms. The monoisotopic (exact) mass is 604 g/mol. The number of pyridine rings is 2. The third kappa shape index (κ3) is 6.71. The number of ether oxygens (including phenoxy) is 1. The van der Waals surface area contributed by atoms with Crippen LogP contribution < -0.4 is 20.7 Å². The molecule has 4 N–H and O–H groups in total. The van der Waals surface area contributed by atoms with Crippen molar-refractivity contribution in [1.82, 2.24) is 24.7 Å². The van der Waals surface area contributed by atoms with Crippen LogP contribution >= 0.6 is 0 Å². The minimum Gasteiger partial charge on any atom is -0.378 e. The summed E-state index contributed by atoms with van der Waals surface area (Å²) in [4.78, 5) is 20.8. The van der Waals surface area contributed by atoms with Crippen molar-refractivity contribution in [3.8, 4) is 11.1 Å². The number of hydrogen-bond acceptors (Lipinski definition) is 10. The predicted molar refractivity (Wildman–Crippen MR) is 171 cm³/mol. The average molecular weight is 605 g/mol. The van der Waals surface area contributed by atoms with Gasteiger partial charge in [-0.05, 0) is 58.7 Å². The molecule has 3 aromatic heterocycles. The first kappa shape index (κ1) is 30.6. The van der Waals surface area contributed by atoms with E-state index in [2.05, 4.69) is 61.9 Å². The zero-order valence-electron chi connectivity index (χ0n) is 25.6. The number of hydrogen-bond donors (Lipinski definition) is 3. The van der Waals surface area contributed by atoms with Gasteiger partial charge in [0.2, 0.25) is 16.0 Å². The van der Waals surface area contributed by atoms with E-state index in [1.807, 2.05) is 13.0 Å². The van der Waals surface area contributed by atoms with E-state index in [-0.39, 0.29) is 16.9 Å². The molecule has 43 heavy (non-hydrogen) atoms. The smallest absolute Gasteiger partial charge is 0.242 e. The number of sulfonamides is 1. The number of benzene rings is 1. The Kier molecular flexibility index (Phi) is 8.55. The van der Waals surface area contributed by atoms with Crippen LogP contribution in [-0.4, -0.2) is 60.2 Å². The summed E-state index contributed by atoms with van der Waals surface area (Å²) in [6, 6.07) is 9.80. The van der Waals surface area contributed by atoms with Gasteiger partial charge < -0.3 is 20.7 Å². The van der Waals surface area contributed by atoms with E-state index in [0.717, 1.165) is 47.4 Å². The number of nitrogens with two attached hydrogens (primary N) is 1. The van der Waals surface area contributed by atoms with E-state index in [9.17, 15) is 8.42 Å². The van der Waals surface area contributed by atoms with Crippen molar-refractivity contribution in [2.75, 3.05) is 42.3 Å². The molecule has 4 aromatic rings. The Bertz CT molecular complexity index is 1750. The van der Waals surface area contributed by atoms with Crippen LogP contribution in [0, 0.1) is 13.8 Å². The number of anilines is 3. The van der Waals surface area contributed by atoms with Crippen LogP contribution in [0.15, 0.2) is 47.6 Å². The molecule has 0 aliphatic carbocycles. The lowest BCUT2D eigenvalue weighted by molar-refractivity contribution is 0.122. The average Bonchev–Trinajstić information content (AvgIpc) is 2.94. The van der Waals surface area contributed by atoms with E-state index in [0.29, 0.717) is 35.9 Å². The Hall–Kier alpha value is -3.87. The van der Waals surface area contributed by atoms with Crippen LogP contribution in [0.3, 0.4) is 0 Å². The molecule has 1 fully saturated rings. The molecule has 5 rings (SSSR count). The molecule has 228 valence electrons. The van der Waals surface area contributed by atoms with Crippen molar-refractivity contribution >= 4 is 38.5 Å². The van der Waals surface area contributed by atoms with E-state index < -0.39 is 15.6 Å². The molecule has 11 nitrogen and oxygen atoms in total. The number of morpholine rings is 1. The fourth-order valence-corrected chi connectivity index (χ4v) is 6.82. The Morgan fingerprint density at radius 3 is 2.51 bits per heavy atom. The maximum Gasteiger partial charge on any atom is 0.242 e. The maximum absolute atomic E-state index is 13.1. The SMILES string of the molecule is CCC(Nc1nc(N)nc(C)c1-c1cncc(S(=O)(=O)NC(C)(C)C)c1)c1cc2cccc(C)c2nc1N1CCOCC1. The maximum atomic E-state index is 13.1. The van der Waals surface area contributed by atoms with E-state index in [1.165, 1.54) is 6.20 Å². The summed E-state index contributed by atoms with van der Waals surface area (Å²) in [7, 11) is -3.82. The predicted octanol–water partition coefficient (Wildman–Crippen LogP) is 4.76. The number of nitrogens with zero attached hydrogens (tertiary/aromatic N) is 5. The van der Waals surface area contributed by atoms with Gasteiger partial charge in [-0.15, -0.1) is 0 Å². The summed E-state index contributed by atoms with van der Waals surface area (Å²) < 4.78 is 34.6. The molecule has 1 saturated heterocycles. The quantitative estimate of drug-likeness (QED) is 0.257. The van der Waals surface area contributed by atoms with Crippen molar-refractivity contribution in [2.24, 2.45) is 0 Å². The normalized spacial score (nSPS) is 15.1. The number of rotatable bonds is 8. The summed E-state index contributed by atoms with van der Waals surface area (Å²) >= 11 is 0. The third-order valence-electron chi connectivity index (χ3n) is 7.32. The minimum absolute atomic E-state index is 0.0536. The van der Waals surface area contributed by atoms with Crippen molar-refractivity contribution in [2.45, 2.75) is 64.4 Å². The molecule has 1 unspecified atom stereocenters. The summed E-state index contributed by atoms with van der Waals surface area (Å²) in [5.41, 5.74) is 10.4. The van der Waals surface area contributed by atoms with Gasteiger partial charge in [-0.2, -0.15) is 4.98 Å². The van der Waals surface area contributed by atoms with Crippen molar-refractivity contribution in [1.29, 1.82) is 0 Å². The number of nitrogen functional groups attached to an aromatic ring is 1. The van der Waals surface area contributed by atoms with Gasteiger partial charge in [0.25, 0.3) is 0 Å². The second-order valence-corrected chi connectivity index (χ2v) is 13.6. The summed E-state index contributed by atoms with van der Waals surface area (Å²) in [5, 5.41) is 4.68. The van der Waals surface area contributed by atoms with Gasteiger partial charge in [-0.1, -0.05) is 25.1 Å². The standard InChI is InChI=1S/C31H40N8O3S/c1-7-25(24-16-21-10-8-9-19(2)27(21)36-29(24)39-11-13-42-14-12-39)35-28-26(20(3)34-30(32)37-28)22-15-23(18-33-17-22)43(40,41)38-31(4,5)6/h8-10,15-18,25,38H,7,11-14H2,1-6H3,(H3,32,34,35,37). The third-order valence-corrected chi connectivity index (χ3v) is 9.05. The van der Waals surface area contributed by atoms with Crippen LogP contribution in [0.4, 0.5) is 17.6 Å². The molecule has 1 aromatic carbocycles. The minimum atomic E-state index is -3.82. The molecule has 0 radical (unpaired) electrons. The molecule has 1 aliphatic heterocycles. The summed E-state index contributed by atoms with van der Waals surface area (Å²) in [6.07, 6.45) is 3.68. The molecule has 1 aliphatic rings. The number of fused-ring (bicyclic) bond motifs is 1. The van der Waals surface area contributed by atoms with Gasteiger partial charge >= 0.3 is 0 Å². The Morgan fingerprint density at radius 2 is 1.81 bits per heavy atom. The molecule has 0 bridgehead atoms. The van der Waals surface area contributed by atoms with Gasteiger partial charge in [0, 0.05) is 53.1 Å². The van der Waals surface area contributed by atoms with Gasteiger partial charge in [0.05, 0.1) is 30.5 Å². The Balaban J connectivity index is 1.61. The molecule has 0 saturated carbocycles. The van der Waals surface area contributed by atoms with Crippen LogP contribution in [-0.2, 0) is 14.8 Å². The van der Waals surface area contributed by atoms with E-state index >= 15 is 0 Å². The lowest BCUT2D eigenvalue weighted by Crippen LogP contribution is -2.40. The first-order chi connectivity index (χ1) is 20.4. The molecule has 0 amide bonds. The second kappa shape index (κ2) is 12.0. The number of aromatic nitrogens is 4. The number of nitrogens with one attached hydrogen (secondary N) is 2. The fraction of sp³-hybridized carbons (Fsp3) is 0.419. The lowest BCUT2D eigenvalue weighted by atomic mass is 9.99. The van der Waals surface area contributed by atoms with Gasteiger partial charge in [-0.3, -0.25) is 4.98 Å². The van der Waals surface area contributed by atoms with Crippen molar-refractivity contribution in [3.05, 3.63) is 59.5 Å². The lowest BCUT2D eigenvalue weighted by Gasteiger charge is -2.32. The fourth-order valence-electron chi connectivity index (χ4n) is 5.41. The molecular formula is C31H40N8O3S. The zero-order valence-corrected chi connectivity index (χ0v) is 26.4. The van der Waals surface area contributed by atoms with Gasteiger partial charge in [0.15, 0.2) is 0 Å². The highest BCUT2D eigenvalue weighted by Gasteiger charge is 2.26. The molecule has 4 heterocycles. The summed E-state index contributed by atoms with van der Waals surface area (Å²) in [6.45, 7) is 14.1. The Morgan fingerprint density at radius 1 is 1.07 bits per heavy atom. The van der Waals surface area contributed by atoms with E-state index in [1.54, 1.807) is 33.0 Å². The number of para-hydroxylation sites is 1. The van der Waals surface area contributed by atoms with Crippen LogP contribution in [0.25, 0.3) is 22.0 Å².